The maximum absolute atomic E-state index is 13.8. The molecule has 2 aromatic rings. The van der Waals surface area contributed by atoms with Crippen LogP contribution >= 0.6 is 0 Å². The van der Waals surface area contributed by atoms with E-state index in [1.165, 1.54) is 13.4 Å². The van der Waals surface area contributed by atoms with Crippen LogP contribution in [-0.4, -0.2) is 19.1 Å². The molecule has 2 rings (SSSR count). The van der Waals surface area contributed by atoms with Gasteiger partial charge >= 0.3 is 0 Å². The van der Waals surface area contributed by atoms with Crippen LogP contribution in [0.25, 0.3) is 0 Å². The maximum atomic E-state index is 13.8. The molecule has 1 N–H and O–H groups in total. The number of hydrogen-bond donors (Lipinski definition) is 1. The summed E-state index contributed by atoms with van der Waals surface area (Å²) in [6.07, 6.45) is 1.95. The zero-order valence-corrected chi connectivity index (χ0v) is 11.7. The van der Waals surface area contributed by atoms with Crippen molar-refractivity contribution in [3.63, 3.8) is 0 Å². The van der Waals surface area contributed by atoms with Crippen molar-refractivity contribution in [2.24, 2.45) is 0 Å². The number of hydrogen-bond acceptors (Lipinski definition) is 3. The van der Waals surface area contributed by atoms with Crippen LogP contribution in [0.2, 0.25) is 0 Å². The van der Waals surface area contributed by atoms with Crippen LogP contribution in [0.1, 0.15) is 23.0 Å². The number of furan rings is 1. The highest BCUT2D eigenvalue weighted by Gasteiger charge is 2.20. The van der Waals surface area contributed by atoms with E-state index in [9.17, 15) is 13.6 Å². The minimum absolute atomic E-state index is 0.0187. The average Bonchev–Trinajstić information content (AvgIpc) is 2.90. The van der Waals surface area contributed by atoms with Crippen LogP contribution in [0.4, 0.5) is 8.78 Å². The summed E-state index contributed by atoms with van der Waals surface area (Å²) >= 11 is 0. The van der Waals surface area contributed by atoms with Crippen molar-refractivity contribution in [1.82, 2.24) is 5.32 Å². The molecule has 1 unspecified atom stereocenters. The molecule has 0 fully saturated rings. The van der Waals surface area contributed by atoms with E-state index in [0.29, 0.717) is 12.2 Å². The van der Waals surface area contributed by atoms with Gasteiger partial charge in [0.15, 0.2) is 0 Å². The summed E-state index contributed by atoms with van der Waals surface area (Å²) in [6, 6.07) is 5.10. The molecular formula is C15H15F2NO3. The van der Waals surface area contributed by atoms with E-state index in [1.807, 2.05) is 0 Å². The molecule has 0 bridgehead atoms. The third-order valence-corrected chi connectivity index (χ3v) is 2.94. The fourth-order valence-corrected chi connectivity index (χ4v) is 1.96. The summed E-state index contributed by atoms with van der Waals surface area (Å²) in [5, 5.41) is 2.53. The summed E-state index contributed by atoms with van der Waals surface area (Å²) in [7, 11) is 1.29. The number of ether oxygens (including phenoxy) is 1. The monoisotopic (exact) mass is 295 g/mol. The second-order valence-corrected chi connectivity index (χ2v) is 4.62. The Morgan fingerprint density at radius 3 is 2.57 bits per heavy atom. The molecule has 0 aliphatic rings. The van der Waals surface area contributed by atoms with Gasteiger partial charge in [-0.3, -0.25) is 4.79 Å². The molecule has 0 radical (unpaired) electrons. The van der Waals surface area contributed by atoms with Gasteiger partial charge in [-0.1, -0.05) is 0 Å². The molecule has 0 spiro atoms. The van der Waals surface area contributed by atoms with E-state index in [2.05, 4.69) is 5.32 Å². The number of carbonyl (C=O) groups is 1. The molecule has 1 atom stereocenters. The summed E-state index contributed by atoms with van der Waals surface area (Å²) < 4.78 is 37.4. The largest absolute Gasteiger partial charge is 0.497 e. The van der Waals surface area contributed by atoms with Crippen molar-refractivity contribution in [2.45, 2.75) is 19.4 Å². The Labute approximate surface area is 120 Å². The van der Waals surface area contributed by atoms with Gasteiger partial charge in [0.05, 0.1) is 13.4 Å². The van der Waals surface area contributed by atoms with E-state index in [4.69, 9.17) is 9.15 Å². The highest BCUT2D eigenvalue weighted by molar-refractivity contribution is 5.95. The number of carbonyl (C=O) groups excluding carboxylic acids is 1. The van der Waals surface area contributed by atoms with Crippen molar-refractivity contribution in [3.05, 3.63) is 53.5 Å². The number of rotatable bonds is 5. The van der Waals surface area contributed by atoms with Crippen LogP contribution in [-0.2, 0) is 6.42 Å². The van der Waals surface area contributed by atoms with Gasteiger partial charge in [-0.25, -0.2) is 8.78 Å². The first-order chi connectivity index (χ1) is 10.0. The first-order valence-corrected chi connectivity index (χ1v) is 6.37. The first-order valence-electron chi connectivity index (χ1n) is 6.37. The smallest absolute Gasteiger partial charge is 0.257 e. The molecule has 0 saturated carbocycles. The highest BCUT2D eigenvalue weighted by atomic mass is 19.1. The zero-order valence-electron chi connectivity index (χ0n) is 11.7. The first kappa shape index (κ1) is 15.0. The van der Waals surface area contributed by atoms with E-state index in [0.717, 1.165) is 12.1 Å². The van der Waals surface area contributed by atoms with E-state index in [-0.39, 0.29) is 11.8 Å². The topological polar surface area (TPSA) is 51.5 Å². The molecule has 4 nitrogen and oxygen atoms in total. The average molecular weight is 295 g/mol. The normalized spacial score (nSPS) is 12.0. The quantitative estimate of drug-likeness (QED) is 0.922. The fraction of sp³-hybridized carbons (Fsp3) is 0.267. The van der Waals surface area contributed by atoms with E-state index in [1.54, 1.807) is 19.1 Å². The fourth-order valence-electron chi connectivity index (χ4n) is 1.96. The zero-order chi connectivity index (χ0) is 15.4. The Balaban J connectivity index is 2.09. The predicted molar refractivity (Wildman–Crippen MR) is 72.3 cm³/mol. The standard InChI is InChI=1S/C15H15F2NO3/c1-9(6-10-4-3-5-21-10)18-15(19)14-12(16)7-11(20-2)8-13(14)17/h3-5,7-9H,6H2,1-2H3,(H,18,19). The molecule has 0 saturated heterocycles. The minimum atomic E-state index is -0.963. The number of amides is 1. The van der Waals surface area contributed by atoms with Crippen molar-refractivity contribution in [3.8, 4) is 5.75 Å². The van der Waals surface area contributed by atoms with Crippen LogP contribution in [0.5, 0.6) is 5.75 Å². The molecule has 1 heterocycles. The summed E-state index contributed by atoms with van der Waals surface area (Å²) in [6.45, 7) is 1.72. The summed E-state index contributed by atoms with van der Waals surface area (Å²) in [5.41, 5.74) is -0.623. The molecule has 1 amide bonds. The van der Waals surface area contributed by atoms with Crippen molar-refractivity contribution >= 4 is 5.91 Å². The van der Waals surface area contributed by atoms with Gasteiger partial charge in [-0.2, -0.15) is 0 Å². The second kappa shape index (κ2) is 6.39. The second-order valence-electron chi connectivity index (χ2n) is 4.62. The molecule has 0 aliphatic heterocycles. The van der Waals surface area contributed by atoms with Crippen molar-refractivity contribution in [1.29, 1.82) is 0 Å². The lowest BCUT2D eigenvalue weighted by Crippen LogP contribution is -2.35. The molecule has 112 valence electrons. The van der Waals surface area contributed by atoms with Gasteiger partial charge in [0.25, 0.3) is 5.91 Å². The summed E-state index contributed by atoms with van der Waals surface area (Å²) in [5.74, 6) is -2.04. The number of benzene rings is 1. The number of halogens is 2. The van der Waals surface area contributed by atoms with Crippen LogP contribution < -0.4 is 10.1 Å². The lowest BCUT2D eigenvalue weighted by Gasteiger charge is -2.14. The van der Waals surface area contributed by atoms with Gasteiger partial charge in [0.1, 0.15) is 28.7 Å². The number of nitrogens with one attached hydrogen (secondary N) is 1. The number of methoxy groups -OCH3 is 1. The Hall–Kier alpha value is -2.37. The van der Waals surface area contributed by atoms with Gasteiger partial charge in [0.2, 0.25) is 0 Å². The molecule has 21 heavy (non-hydrogen) atoms. The minimum Gasteiger partial charge on any atom is -0.497 e. The molecule has 6 heteroatoms. The molecule has 1 aromatic heterocycles. The van der Waals surface area contributed by atoms with Gasteiger partial charge in [0, 0.05) is 24.6 Å². The molecular weight excluding hydrogens is 280 g/mol. The van der Waals surface area contributed by atoms with Gasteiger partial charge in [-0.15, -0.1) is 0 Å². The Kier molecular flexibility index (Phi) is 4.57. The van der Waals surface area contributed by atoms with Crippen LogP contribution in [0.15, 0.2) is 34.9 Å². The van der Waals surface area contributed by atoms with Gasteiger partial charge in [-0.05, 0) is 19.1 Å². The van der Waals surface area contributed by atoms with E-state index >= 15 is 0 Å². The maximum Gasteiger partial charge on any atom is 0.257 e. The Morgan fingerprint density at radius 1 is 1.38 bits per heavy atom. The van der Waals surface area contributed by atoms with Crippen LogP contribution in [0, 0.1) is 11.6 Å². The van der Waals surface area contributed by atoms with Crippen LogP contribution in [0.3, 0.4) is 0 Å². The van der Waals surface area contributed by atoms with Gasteiger partial charge < -0.3 is 14.5 Å². The SMILES string of the molecule is COc1cc(F)c(C(=O)NC(C)Cc2ccco2)c(F)c1. The summed E-state index contributed by atoms with van der Waals surface area (Å²) in [4.78, 5) is 12.0. The Morgan fingerprint density at radius 2 is 2.05 bits per heavy atom. The third-order valence-electron chi connectivity index (χ3n) is 2.94. The van der Waals surface area contributed by atoms with E-state index < -0.39 is 23.1 Å². The predicted octanol–water partition coefficient (Wildman–Crippen LogP) is 2.93. The third kappa shape index (κ3) is 3.59. The highest BCUT2D eigenvalue weighted by Crippen LogP contribution is 2.20. The lowest BCUT2D eigenvalue weighted by atomic mass is 10.1. The Bertz CT molecular complexity index is 603. The van der Waals surface area contributed by atoms with Crippen molar-refractivity contribution in [2.75, 3.05) is 7.11 Å². The molecule has 0 aliphatic carbocycles. The molecule has 1 aromatic carbocycles. The van der Waals surface area contributed by atoms with Crippen molar-refractivity contribution < 1.29 is 22.7 Å². The lowest BCUT2D eigenvalue weighted by molar-refractivity contribution is 0.0930.